The Morgan fingerprint density at radius 1 is 1.27 bits per heavy atom. The van der Waals surface area contributed by atoms with Gasteiger partial charge in [0.2, 0.25) is 12.2 Å². The Labute approximate surface area is 152 Å². The Bertz CT molecular complexity index is 510. The number of carbonyl (C=O) groups is 1. The predicted molar refractivity (Wildman–Crippen MR) is 91.0 cm³/mol. The van der Waals surface area contributed by atoms with E-state index in [4.69, 9.17) is 19.9 Å². The van der Waals surface area contributed by atoms with Crippen LogP contribution in [0.15, 0.2) is 11.5 Å². The maximum Gasteiger partial charge on any atom is 0.217 e. The predicted octanol–water partition coefficient (Wildman–Crippen LogP) is -0.597. The van der Waals surface area contributed by atoms with Crippen LogP contribution >= 0.6 is 0 Å². The maximum absolute atomic E-state index is 10.8. The maximum atomic E-state index is 10.8. The van der Waals surface area contributed by atoms with Crippen molar-refractivity contribution in [3.8, 4) is 0 Å². The number of hydrogen-bond donors (Lipinski definition) is 6. The highest BCUT2D eigenvalue weighted by Crippen LogP contribution is 2.29. The summed E-state index contributed by atoms with van der Waals surface area (Å²) in [6.45, 7) is 6.50. The minimum Gasteiger partial charge on any atom is -0.506 e. The van der Waals surface area contributed by atoms with E-state index in [9.17, 15) is 25.2 Å². The minimum absolute atomic E-state index is 0.0540. The molecule has 152 valence electrons. The Morgan fingerprint density at radius 2 is 1.88 bits per heavy atom. The summed E-state index contributed by atoms with van der Waals surface area (Å²) in [5, 5.41) is 41.5. The number of rotatable bonds is 9. The Morgan fingerprint density at radius 3 is 2.38 bits per heavy atom. The van der Waals surface area contributed by atoms with Gasteiger partial charge in [0, 0.05) is 13.5 Å². The van der Waals surface area contributed by atoms with E-state index in [1.807, 2.05) is 0 Å². The number of nitrogens with one attached hydrogen (secondary N) is 1. The van der Waals surface area contributed by atoms with Gasteiger partial charge in [-0.05, 0) is 27.2 Å². The number of nitrogens with two attached hydrogens (primary N) is 1. The fourth-order valence-electron chi connectivity index (χ4n) is 2.60. The molecule has 0 bridgehead atoms. The average Bonchev–Trinajstić information content (AvgIpc) is 2.83. The Kier molecular flexibility index (Phi) is 8.25. The van der Waals surface area contributed by atoms with Crippen LogP contribution in [0.25, 0.3) is 0 Å². The molecule has 7 N–H and O–H groups in total. The van der Waals surface area contributed by atoms with E-state index >= 15 is 0 Å². The molecule has 0 radical (unpaired) electrons. The first-order valence-corrected chi connectivity index (χ1v) is 8.40. The summed E-state index contributed by atoms with van der Waals surface area (Å²) < 4.78 is 16.3. The molecule has 26 heavy (non-hydrogen) atoms. The van der Waals surface area contributed by atoms with Crippen molar-refractivity contribution in [2.75, 3.05) is 13.2 Å². The third-order valence-corrected chi connectivity index (χ3v) is 3.82. The third kappa shape index (κ3) is 6.71. The van der Waals surface area contributed by atoms with Crippen molar-refractivity contribution in [2.24, 2.45) is 5.73 Å². The smallest absolute Gasteiger partial charge is 0.217 e. The van der Waals surface area contributed by atoms with Crippen LogP contribution < -0.4 is 11.1 Å². The van der Waals surface area contributed by atoms with Gasteiger partial charge in [-0.1, -0.05) is 0 Å². The number of carbonyl (C=O) groups excluding carboxylic acids is 1. The second-order valence-corrected chi connectivity index (χ2v) is 6.71. The second kappa shape index (κ2) is 9.49. The van der Waals surface area contributed by atoms with E-state index in [2.05, 4.69) is 5.32 Å². The number of ether oxygens (including phenoxy) is 3. The molecule has 1 saturated heterocycles. The van der Waals surface area contributed by atoms with Gasteiger partial charge in [0.15, 0.2) is 17.3 Å². The number of amides is 1. The monoisotopic (exact) mass is 378 g/mol. The van der Waals surface area contributed by atoms with E-state index in [0.29, 0.717) is 0 Å². The lowest BCUT2D eigenvalue weighted by Crippen LogP contribution is -2.45. The van der Waals surface area contributed by atoms with Crippen LogP contribution in [-0.4, -0.2) is 75.9 Å². The molecule has 0 aliphatic carbocycles. The van der Waals surface area contributed by atoms with Crippen molar-refractivity contribution in [3.63, 3.8) is 0 Å². The zero-order valence-electron chi connectivity index (χ0n) is 15.5. The lowest BCUT2D eigenvalue weighted by Gasteiger charge is -2.23. The minimum atomic E-state index is -1.87. The van der Waals surface area contributed by atoms with Gasteiger partial charge in [-0.3, -0.25) is 4.79 Å². The van der Waals surface area contributed by atoms with Crippen molar-refractivity contribution in [2.45, 2.75) is 70.5 Å². The summed E-state index contributed by atoms with van der Waals surface area (Å²) in [5.74, 6) is -2.84. The van der Waals surface area contributed by atoms with E-state index in [1.54, 1.807) is 20.8 Å². The highest BCUT2D eigenvalue weighted by molar-refractivity contribution is 5.72. The second-order valence-electron chi connectivity index (χ2n) is 6.71. The molecule has 1 heterocycles. The largest absolute Gasteiger partial charge is 0.506 e. The molecule has 0 aromatic rings. The molecule has 1 aliphatic rings. The van der Waals surface area contributed by atoms with Crippen molar-refractivity contribution in [3.05, 3.63) is 11.5 Å². The fraction of sp³-hybridized carbons (Fsp3) is 0.812. The number of aliphatic hydroxyl groups excluding tert-OH is 4. The zero-order valence-corrected chi connectivity index (χ0v) is 15.5. The standard InChI is InChI=1S/C16H30N2O8/c1-8-14(26-16(3,4)25-8)10(17)7-24-15(23)13(22)12(21)11(20)5-6-18-9(2)19/h8,10-11,14-15,20-23H,5-7,17H2,1-4H3,(H,18,19)/b13-12-/t8-,10+,11?,14-,15?/m1/s1. The van der Waals surface area contributed by atoms with Crippen LogP contribution in [0.4, 0.5) is 0 Å². The third-order valence-electron chi connectivity index (χ3n) is 3.82. The van der Waals surface area contributed by atoms with Gasteiger partial charge in [-0.15, -0.1) is 0 Å². The van der Waals surface area contributed by atoms with E-state index in [0.717, 1.165) is 0 Å². The van der Waals surface area contributed by atoms with Gasteiger partial charge in [-0.25, -0.2) is 0 Å². The normalized spacial score (nSPS) is 26.7. The molecular formula is C16H30N2O8. The quantitative estimate of drug-likeness (QED) is 0.227. The topological polar surface area (TPSA) is 164 Å². The van der Waals surface area contributed by atoms with E-state index < -0.39 is 41.8 Å². The van der Waals surface area contributed by atoms with Gasteiger partial charge < -0.3 is 45.7 Å². The molecule has 0 spiro atoms. The highest BCUT2D eigenvalue weighted by atomic mass is 16.8. The van der Waals surface area contributed by atoms with E-state index in [-0.39, 0.29) is 31.6 Å². The van der Waals surface area contributed by atoms with Crippen molar-refractivity contribution in [1.82, 2.24) is 5.32 Å². The molecule has 0 saturated carbocycles. The molecule has 0 aromatic heterocycles. The van der Waals surface area contributed by atoms with Gasteiger partial charge in [0.05, 0.1) is 18.8 Å². The Hall–Kier alpha value is -1.43. The molecular weight excluding hydrogens is 348 g/mol. The van der Waals surface area contributed by atoms with Crippen LogP contribution in [0.1, 0.15) is 34.1 Å². The molecule has 10 heteroatoms. The van der Waals surface area contributed by atoms with Crippen molar-refractivity contribution >= 4 is 5.91 Å². The van der Waals surface area contributed by atoms with E-state index in [1.165, 1.54) is 6.92 Å². The highest BCUT2D eigenvalue weighted by Gasteiger charge is 2.42. The van der Waals surface area contributed by atoms with Gasteiger partial charge >= 0.3 is 0 Å². The van der Waals surface area contributed by atoms with Crippen molar-refractivity contribution < 1.29 is 39.4 Å². The summed E-state index contributed by atoms with van der Waals surface area (Å²) in [7, 11) is 0. The van der Waals surface area contributed by atoms with Gasteiger partial charge in [0.1, 0.15) is 12.2 Å². The van der Waals surface area contributed by atoms with Crippen LogP contribution in [-0.2, 0) is 19.0 Å². The van der Waals surface area contributed by atoms with Gasteiger partial charge in [-0.2, -0.15) is 0 Å². The first-order chi connectivity index (χ1) is 11.9. The summed E-state index contributed by atoms with van der Waals surface area (Å²) in [4.78, 5) is 10.8. The molecule has 1 amide bonds. The Balaban J connectivity index is 2.52. The van der Waals surface area contributed by atoms with Crippen LogP contribution in [0.2, 0.25) is 0 Å². The first-order valence-electron chi connectivity index (χ1n) is 8.40. The zero-order chi connectivity index (χ0) is 20.1. The molecule has 5 atom stereocenters. The molecule has 0 aromatic carbocycles. The summed E-state index contributed by atoms with van der Waals surface area (Å²) in [6, 6.07) is -0.652. The van der Waals surface area contributed by atoms with Crippen LogP contribution in [0, 0.1) is 0 Å². The lowest BCUT2D eigenvalue weighted by molar-refractivity contribution is -0.152. The fourth-order valence-corrected chi connectivity index (χ4v) is 2.60. The molecule has 1 fully saturated rings. The number of hydrogen-bond acceptors (Lipinski definition) is 9. The van der Waals surface area contributed by atoms with Gasteiger partial charge in [0.25, 0.3) is 0 Å². The summed E-state index contributed by atoms with van der Waals surface area (Å²) in [5.41, 5.74) is 5.98. The summed E-state index contributed by atoms with van der Waals surface area (Å²) in [6.07, 6.45) is -4.15. The summed E-state index contributed by atoms with van der Waals surface area (Å²) >= 11 is 0. The molecule has 1 aliphatic heterocycles. The molecule has 2 unspecified atom stereocenters. The lowest BCUT2D eigenvalue weighted by atomic mass is 10.1. The first kappa shape index (κ1) is 22.6. The average molecular weight is 378 g/mol. The number of aliphatic hydroxyl groups is 4. The molecule has 10 nitrogen and oxygen atoms in total. The van der Waals surface area contributed by atoms with Crippen LogP contribution in [0.5, 0.6) is 0 Å². The van der Waals surface area contributed by atoms with Crippen molar-refractivity contribution in [1.29, 1.82) is 0 Å². The van der Waals surface area contributed by atoms with Crippen LogP contribution in [0.3, 0.4) is 0 Å². The molecule has 1 rings (SSSR count). The SMILES string of the molecule is CC(=O)NCCC(O)/C(O)=C(/O)C(O)OC[C@H](N)[C@@H]1OC(C)(C)O[C@@H]1C.